The maximum absolute atomic E-state index is 13.2. The third kappa shape index (κ3) is 3.81. The first kappa shape index (κ1) is 16.4. The summed E-state index contributed by atoms with van der Waals surface area (Å²) in [6, 6.07) is 3.73. The quantitative estimate of drug-likeness (QED) is 0.758. The number of ether oxygens (including phenoxy) is 1. The Morgan fingerprint density at radius 1 is 1.32 bits per heavy atom. The summed E-state index contributed by atoms with van der Waals surface area (Å²) in [7, 11) is 1.63. The highest BCUT2D eigenvalue weighted by molar-refractivity contribution is 5.83. The van der Waals surface area contributed by atoms with Crippen LogP contribution in [0.1, 0.15) is 31.2 Å². The van der Waals surface area contributed by atoms with Crippen LogP contribution in [0.4, 0.5) is 8.78 Å². The largest absolute Gasteiger partial charge is 0.466 e. The molecule has 1 saturated carbocycles. The standard InChI is InChI=1S/C16H19F2NO3/c1-3-22-15(20)6-7-19(2)16(21)12-9-11(12)10-4-5-13(17)14(18)8-10/h4-5,8,11-12H,3,6-7,9H2,1-2H3. The summed E-state index contributed by atoms with van der Waals surface area (Å²) in [5.74, 6) is -2.51. The van der Waals surface area contributed by atoms with Gasteiger partial charge in [-0.25, -0.2) is 8.78 Å². The van der Waals surface area contributed by atoms with Crippen molar-refractivity contribution in [3.63, 3.8) is 0 Å². The van der Waals surface area contributed by atoms with Crippen molar-refractivity contribution >= 4 is 11.9 Å². The van der Waals surface area contributed by atoms with Crippen LogP contribution >= 0.6 is 0 Å². The Kier molecular flexibility index (Phi) is 5.11. The van der Waals surface area contributed by atoms with Gasteiger partial charge in [-0.05, 0) is 37.0 Å². The van der Waals surface area contributed by atoms with Crippen LogP contribution in [0.5, 0.6) is 0 Å². The van der Waals surface area contributed by atoms with Crippen LogP contribution in [0, 0.1) is 17.6 Å². The fourth-order valence-electron chi connectivity index (χ4n) is 2.46. The van der Waals surface area contributed by atoms with Gasteiger partial charge in [-0.2, -0.15) is 0 Å². The molecule has 0 saturated heterocycles. The smallest absolute Gasteiger partial charge is 0.307 e. The average molecular weight is 311 g/mol. The van der Waals surface area contributed by atoms with Gasteiger partial charge in [0.25, 0.3) is 0 Å². The summed E-state index contributed by atoms with van der Waals surface area (Å²) in [5.41, 5.74) is 0.635. The van der Waals surface area contributed by atoms with Crippen molar-refractivity contribution in [2.75, 3.05) is 20.2 Å². The molecule has 1 aliphatic rings. The Morgan fingerprint density at radius 2 is 2.05 bits per heavy atom. The topological polar surface area (TPSA) is 46.6 Å². The SMILES string of the molecule is CCOC(=O)CCN(C)C(=O)C1CC1c1ccc(F)c(F)c1. The number of rotatable bonds is 6. The van der Waals surface area contributed by atoms with Gasteiger partial charge in [0.2, 0.25) is 5.91 Å². The number of benzene rings is 1. The second-order valence-corrected chi connectivity index (χ2v) is 5.44. The van der Waals surface area contributed by atoms with Crippen LogP contribution in [-0.4, -0.2) is 37.0 Å². The lowest BCUT2D eigenvalue weighted by molar-refractivity contribution is -0.144. The van der Waals surface area contributed by atoms with Crippen molar-refractivity contribution in [3.8, 4) is 0 Å². The van der Waals surface area contributed by atoms with Crippen molar-refractivity contribution in [3.05, 3.63) is 35.4 Å². The number of carbonyl (C=O) groups excluding carboxylic acids is 2. The van der Waals surface area contributed by atoms with Crippen LogP contribution in [0.3, 0.4) is 0 Å². The Hall–Kier alpha value is -1.98. The van der Waals surface area contributed by atoms with Gasteiger partial charge in [-0.3, -0.25) is 9.59 Å². The molecule has 0 bridgehead atoms. The molecule has 1 amide bonds. The van der Waals surface area contributed by atoms with E-state index < -0.39 is 11.6 Å². The van der Waals surface area contributed by atoms with Gasteiger partial charge in [0, 0.05) is 19.5 Å². The summed E-state index contributed by atoms with van der Waals surface area (Å²) in [5, 5.41) is 0. The third-order valence-corrected chi connectivity index (χ3v) is 3.81. The lowest BCUT2D eigenvalue weighted by Crippen LogP contribution is -2.31. The first-order chi connectivity index (χ1) is 10.4. The summed E-state index contributed by atoms with van der Waals surface area (Å²) in [4.78, 5) is 25.0. The fraction of sp³-hybridized carbons (Fsp3) is 0.500. The summed E-state index contributed by atoms with van der Waals surface area (Å²) >= 11 is 0. The van der Waals surface area contributed by atoms with E-state index in [4.69, 9.17) is 4.74 Å². The molecule has 0 spiro atoms. The lowest BCUT2D eigenvalue weighted by Gasteiger charge is -2.16. The zero-order valence-corrected chi connectivity index (χ0v) is 12.6. The highest BCUT2D eigenvalue weighted by Gasteiger charge is 2.45. The first-order valence-corrected chi connectivity index (χ1v) is 7.29. The van der Waals surface area contributed by atoms with Crippen molar-refractivity contribution in [2.24, 2.45) is 5.92 Å². The Labute approximate surface area is 128 Å². The highest BCUT2D eigenvalue weighted by atomic mass is 19.2. The summed E-state index contributed by atoms with van der Waals surface area (Å²) < 4.78 is 30.9. The molecular formula is C16H19F2NO3. The summed E-state index contributed by atoms with van der Waals surface area (Å²) in [6.07, 6.45) is 0.770. The van der Waals surface area contributed by atoms with E-state index in [9.17, 15) is 18.4 Å². The molecule has 2 unspecified atom stereocenters. The number of carbonyl (C=O) groups is 2. The molecule has 22 heavy (non-hydrogen) atoms. The van der Waals surface area contributed by atoms with Crippen LogP contribution in [-0.2, 0) is 14.3 Å². The minimum Gasteiger partial charge on any atom is -0.466 e. The van der Waals surface area contributed by atoms with E-state index in [1.165, 1.54) is 11.0 Å². The number of hydrogen-bond acceptors (Lipinski definition) is 3. The molecule has 2 atom stereocenters. The van der Waals surface area contributed by atoms with Crippen LogP contribution < -0.4 is 0 Å². The second-order valence-electron chi connectivity index (χ2n) is 5.44. The number of amides is 1. The number of halogens is 2. The van der Waals surface area contributed by atoms with Crippen LogP contribution in [0.25, 0.3) is 0 Å². The fourth-order valence-corrected chi connectivity index (χ4v) is 2.46. The Bertz CT molecular complexity index is 577. The highest BCUT2D eigenvalue weighted by Crippen LogP contribution is 2.48. The molecule has 120 valence electrons. The third-order valence-electron chi connectivity index (χ3n) is 3.81. The van der Waals surface area contributed by atoms with E-state index in [0.717, 1.165) is 12.1 Å². The van der Waals surface area contributed by atoms with Gasteiger partial charge in [-0.1, -0.05) is 6.07 Å². The minimum absolute atomic E-state index is 0.0763. The zero-order chi connectivity index (χ0) is 16.3. The monoisotopic (exact) mass is 311 g/mol. The van der Waals surface area contributed by atoms with Crippen LogP contribution in [0.2, 0.25) is 0 Å². The summed E-state index contributed by atoms with van der Waals surface area (Å²) in [6.45, 7) is 2.33. The average Bonchev–Trinajstić information content (AvgIpc) is 3.27. The molecule has 1 aliphatic carbocycles. The van der Waals surface area contributed by atoms with Gasteiger partial charge in [-0.15, -0.1) is 0 Å². The van der Waals surface area contributed by atoms with Crippen molar-refractivity contribution in [2.45, 2.75) is 25.7 Å². The molecule has 1 aromatic carbocycles. The van der Waals surface area contributed by atoms with Gasteiger partial charge in [0.05, 0.1) is 13.0 Å². The number of nitrogens with zero attached hydrogens (tertiary/aromatic N) is 1. The maximum Gasteiger partial charge on any atom is 0.307 e. The van der Waals surface area contributed by atoms with Gasteiger partial charge >= 0.3 is 5.97 Å². The van der Waals surface area contributed by atoms with E-state index in [0.29, 0.717) is 25.1 Å². The Balaban J connectivity index is 1.87. The predicted octanol–water partition coefficient (Wildman–Crippen LogP) is 2.48. The number of esters is 1. The molecule has 1 fully saturated rings. The maximum atomic E-state index is 13.2. The molecular weight excluding hydrogens is 292 g/mol. The van der Waals surface area contributed by atoms with Crippen LogP contribution in [0.15, 0.2) is 18.2 Å². The van der Waals surface area contributed by atoms with Gasteiger partial charge < -0.3 is 9.64 Å². The van der Waals surface area contributed by atoms with E-state index >= 15 is 0 Å². The molecule has 4 nitrogen and oxygen atoms in total. The van der Waals surface area contributed by atoms with E-state index in [-0.39, 0.29) is 30.1 Å². The van der Waals surface area contributed by atoms with Crippen molar-refractivity contribution in [1.82, 2.24) is 4.90 Å². The molecule has 0 heterocycles. The molecule has 0 aliphatic heterocycles. The molecule has 0 radical (unpaired) electrons. The van der Waals surface area contributed by atoms with E-state index in [2.05, 4.69) is 0 Å². The molecule has 6 heteroatoms. The van der Waals surface area contributed by atoms with Gasteiger partial charge in [0.15, 0.2) is 11.6 Å². The minimum atomic E-state index is -0.897. The van der Waals surface area contributed by atoms with Crippen molar-refractivity contribution in [1.29, 1.82) is 0 Å². The predicted molar refractivity (Wildman–Crippen MR) is 76.1 cm³/mol. The second kappa shape index (κ2) is 6.85. The first-order valence-electron chi connectivity index (χ1n) is 7.29. The molecule has 1 aromatic rings. The Morgan fingerprint density at radius 3 is 2.68 bits per heavy atom. The molecule has 2 rings (SSSR count). The van der Waals surface area contributed by atoms with Gasteiger partial charge in [0.1, 0.15) is 0 Å². The molecule has 0 N–H and O–H groups in total. The van der Waals surface area contributed by atoms with E-state index in [1.807, 2.05) is 0 Å². The van der Waals surface area contributed by atoms with E-state index in [1.54, 1.807) is 14.0 Å². The normalized spacial score (nSPS) is 19.6. The van der Waals surface area contributed by atoms with Crippen molar-refractivity contribution < 1.29 is 23.1 Å². The number of hydrogen-bond donors (Lipinski definition) is 0. The molecule has 0 aromatic heterocycles. The lowest BCUT2D eigenvalue weighted by atomic mass is 10.1. The zero-order valence-electron chi connectivity index (χ0n) is 12.6.